The van der Waals surface area contributed by atoms with Crippen molar-refractivity contribution in [2.75, 3.05) is 19.5 Å². The summed E-state index contributed by atoms with van der Waals surface area (Å²) in [4.78, 5) is 10.6. The smallest absolute Gasteiger partial charge is 0.307 e. The number of carboxylic acids is 1. The normalized spacial score (nSPS) is 15.7. The highest BCUT2D eigenvalue weighted by Gasteiger charge is 2.23. The van der Waals surface area contributed by atoms with E-state index in [0.29, 0.717) is 13.0 Å². The highest BCUT2D eigenvalue weighted by Crippen LogP contribution is 2.04. The quantitative estimate of drug-likeness (QED) is 0.596. The molecule has 0 saturated heterocycles. The Kier molecular flexibility index (Phi) is 6.54. The molecular weight excluding hydrogens is 234 g/mol. The molecule has 2 N–H and O–H groups in total. The lowest BCUT2D eigenvalue weighted by Gasteiger charge is -2.17. The minimum atomic E-state index is -3.42. The maximum atomic E-state index is 11.5. The van der Waals surface area contributed by atoms with Gasteiger partial charge in [-0.25, -0.2) is 13.1 Å². The van der Waals surface area contributed by atoms with Crippen LogP contribution in [0.2, 0.25) is 0 Å². The maximum absolute atomic E-state index is 11.5. The first-order chi connectivity index (χ1) is 7.30. The first kappa shape index (κ1) is 15.3. The van der Waals surface area contributed by atoms with Crippen LogP contribution in [0.3, 0.4) is 0 Å². The van der Waals surface area contributed by atoms with Crippen molar-refractivity contribution in [1.29, 1.82) is 0 Å². The molecule has 0 aliphatic heterocycles. The molecule has 0 bridgehead atoms. The molecule has 0 aliphatic rings. The summed E-state index contributed by atoms with van der Waals surface area (Å²) in [5.41, 5.74) is 0. The van der Waals surface area contributed by atoms with Gasteiger partial charge in [-0.05, 0) is 13.3 Å². The third kappa shape index (κ3) is 6.04. The fraction of sp³-hybridized carbons (Fsp3) is 0.889. The number of rotatable bonds is 8. The van der Waals surface area contributed by atoms with Crippen LogP contribution in [-0.4, -0.2) is 45.0 Å². The minimum absolute atomic E-state index is 0.0580. The average Bonchev–Trinajstić information content (AvgIpc) is 2.15. The van der Waals surface area contributed by atoms with Crippen molar-refractivity contribution < 1.29 is 23.1 Å². The van der Waals surface area contributed by atoms with Crippen molar-refractivity contribution >= 4 is 16.0 Å². The number of aliphatic carboxylic acids is 1. The lowest BCUT2D eigenvalue weighted by Crippen LogP contribution is -2.41. The van der Waals surface area contributed by atoms with E-state index in [2.05, 4.69) is 4.72 Å². The molecule has 0 rings (SSSR count). The van der Waals surface area contributed by atoms with Crippen molar-refractivity contribution in [3.63, 3.8) is 0 Å². The van der Waals surface area contributed by atoms with Crippen LogP contribution < -0.4 is 4.72 Å². The van der Waals surface area contributed by atoms with E-state index in [1.54, 1.807) is 0 Å². The fourth-order valence-corrected chi connectivity index (χ4v) is 2.44. The number of carbonyl (C=O) groups is 1. The van der Waals surface area contributed by atoms with E-state index >= 15 is 0 Å². The topological polar surface area (TPSA) is 92.7 Å². The number of sulfonamides is 1. The first-order valence-electron chi connectivity index (χ1n) is 5.02. The van der Waals surface area contributed by atoms with E-state index in [1.807, 2.05) is 0 Å². The molecule has 6 nitrogen and oxygen atoms in total. The predicted octanol–water partition coefficient (Wildman–Crippen LogP) is 0.0515. The summed E-state index contributed by atoms with van der Waals surface area (Å²) in [5.74, 6) is -1.83. The fourth-order valence-electron chi connectivity index (χ4n) is 1.05. The molecule has 0 aromatic carbocycles. The van der Waals surface area contributed by atoms with E-state index in [-0.39, 0.29) is 5.75 Å². The maximum Gasteiger partial charge on any atom is 0.307 e. The van der Waals surface area contributed by atoms with Gasteiger partial charge in [-0.3, -0.25) is 4.79 Å². The van der Waals surface area contributed by atoms with Gasteiger partial charge in [0.1, 0.15) is 0 Å². The van der Waals surface area contributed by atoms with E-state index in [0.717, 1.165) is 0 Å². The molecule has 0 aromatic heterocycles. The van der Waals surface area contributed by atoms with Gasteiger partial charge in [0.15, 0.2) is 0 Å². The molecule has 2 atom stereocenters. The van der Waals surface area contributed by atoms with Crippen LogP contribution in [-0.2, 0) is 19.6 Å². The predicted molar refractivity (Wildman–Crippen MR) is 59.7 cm³/mol. The molecule has 16 heavy (non-hydrogen) atoms. The Labute approximate surface area is 96.0 Å². The average molecular weight is 253 g/mol. The number of ether oxygens (including phenoxy) is 1. The Morgan fingerprint density at radius 3 is 2.44 bits per heavy atom. The summed E-state index contributed by atoms with van der Waals surface area (Å²) in [7, 11) is -1.93. The standard InChI is InChI=1S/C9H19NO5S/c1-7(9(11)12)8(2)10-16(13,14)6-4-5-15-3/h7-8,10H,4-6H2,1-3H3,(H,11,12). The molecule has 0 amide bonds. The monoisotopic (exact) mass is 253 g/mol. The molecule has 0 saturated carbocycles. The number of carboxylic acid groups (broad SMARTS) is 1. The van der Waals surface area contributed by atoms with Crippen LogP contribution in [0.1, 0.15) is 20.3 Å². The highest BCUT2D eigenvalue weighted by molar-refractivity contribution is 7.89. The number of methoxy groups -OCH3 is 1. The van der Waals surface area contributed by atoms with Gasteiger partial charge in [-0.15, -0.1) is 0 Å². The molecule has 0 aliphatic carbocycles. The number of nitrogens with one attached hydrogen (secondary N) is 1. The Morgan fingerprint density at radius 2 is 2.00 bits per heavy atom. The van der Waals surface area contributed by atoms with E-state index in [1.165, 1.54) is 21.0 Å². The molecular formula is C9H19NO5S. The van der Waals surface area contributed by atoms with Crippen LogP contribution in [0.4, 0.5) is 0 Å². The summed E-state index contributed by atoms with van der Waals surface area (Å²) in [6.07, 6.45) is 0.389. The lowest BCUT2D eigenvalue weighted by atomic mass is 10.1. The second kappa shape index (κ2) is 6.82. The summed E-state index contributed by atoms with van der Waals surface area (Å²) >= 11 is 0. The van der Waals surface area contributed by atoms with Crippen LogP contribution in [0, 0.1) is 5.92 Å². The van der Waals surface area contributed by atoms with Crippen molar-refractivity contribution in [2.24, 2.45) is 5.92 Å². The zero-order chi connectivity index (χ0) is 12.8. The van der Waals surface area contributed by atoms with Gasteiger partial charge in [-0.2, -0.15) is 0 Å². The van der Waals surface area contributed by atoms with Gasteiger partial charge in [0, 0.05) is 19.8 Å². The zero-order valence-electron chi connectivity index (χ0n) is 9.76. The van der Waals surface area contributed by atoms with Crippen LogP contribution in [0.5, 0.6) is 0 Å². The third-order valence-electron chi connectivity index (χ3n) is 2.27. The zero-order valence-corrected chi connectivity index (χ0v) is 10.6. The Hall–Kier alpha value is -0.660. The van der Waals surface area contributed by atoms with Gasteiger partial charge in [0.25, 0.3) is 0 Å². The Balaban J connectivity index is 4.20. The van der Waals surface area contributed by atoms with Gasteiger partial charge in [-0.1, -0.05) is 6.92 Å². The third-order valence-corrected chi connectivity index (χ3v) is 3.82. The molecule has 0 fully saturated rings. The molecule has 96 valence electrons. The van der Waals surface area contributed by atoms with Crippen LogP contribution in [0.25, 0.3) is 0 Å². The molecule has 2 unspecified atom stereocenters. The minimum Gasteiger partial charge on any atom is -0.481 e. The molecule has 7 heteroatoms. The second-order valence-electron chi connectivity index (χ2n) is 3.70. The van der Waals surface area contributed by atoms with E-state index < -0.39 is 28.0 Å². The summed E-state index contributed by atoms with van der Waals surface area (Å²) in [6, 6.07) is -0.620. The van der Waals surface area contributed by atoms with Gasteiger partial charge >= 0.3 is 5.97 Å². The molecule has 0 heterocycles. The van der Waals surface area contributed by atoms with Crippen molar-refractivity contribution in [3.8, 4) is 0 Å². The van der Waals surface area contributed by atoms with Crippen molar-refractivity contribution in [3.05, 3.63) is 0 Å². The van der Waals surface area contributed by atoms with Gasteiger partial charge in [0.05, 0.1) is 11.7 Å². The van der Waals surface area contributed by atoms with E-state index in [9.17, 15) is 13.2 Å². The van der Waals surface area contributed by atoms with Crippen molar-refractivity contribution in [1.82, 2.24) is 4.72 Å². The molecule has 0 radical (unpaired) electrons. The second-order valence-corrected chi connectivity index (χ2v) is 5.57. The largest absolute Gasteiger partial charge is 0.481 e. The number of hydrogen-bond acceptors (Lipinski definition) is 4. The first-order valence-corrected chi connectivity index (χ1v) is 6.67. The van der Waals surface area contributed by atoms with Crippen LogP contribution >= 0.6 is 0 Å². The highest BCUT2D eigenvalue weighted by atomic mass is 32.2. The SMILES string of the molecule is COCCCS(=O)(=O)NC(C)C(C)C(=O)O. The summed E-state index contributed by atoms with van der Waals surface area (Å²) in [6.45, 7) is 3.36. The molecule has 0 aromatic rings. The molecule has 0 spiro atoms. The van der Waals surface area contributed by atoms with E-state index in [4.69, 9.17) is 9.84 Å². The Morgan fingerprint density at radius 1 is 1.44 bits per heavy atom. The van der Waals surface area contributed by atoms with Crippen molar-refractivity contribution in [2.45, 2.75) is 26.3 Å². The summed E-state index contributed by atoms with van der Waals surface area (Å²) in [5, 5.41) is 8.71. The Bertz CT molecular complexity index is 314. The van der Waals surface area contributed by atoms with Gasteiger partial charge < -0.3 is 9.84 Å². The number of hydrogen-bond donors (Lipinski definition) is 2. The van der Waals surface area contributed by atoms with Gasteiger partial charge in [0.2, 0.25) is 10.0 Å². The summed E-state index contributed by atoms with van der Waals surface area (Å²) < 4.78 is 30.0. The van der Waals surface area contributed by atoms with Crippen LogP contribution in [0.15, 0.2) is 0 Å². The lowest BCUT2D eigenvalue weighted by molar-refractivity contribution is -0.141.